The number of nitrogens with zero attached hydrogens (tertiary/aromatic N) is 3. The Balaban J connectivity index is 1.62. The lowest BCUT2D eigenvalue weighted by atomic mass is 10.2. The van der Waals surface area contributed by atoms with Crippen molar-refractivity contribution in [2.45, 2.75) is 39.3 Å². The van der Waals surface area contributed by atoms with E-state index in [1.54, 1.807) is 12.4 Å². The molecule has 0 aliphatic carbocycles. The van der Waals surface area contributed by atoms with E-state index in [1.165, 1.54) is 12.8 Å². The molecule has 3 rings (SSSR count). The maximum absolute atomic E-state index is 12.4. The normalized spacial score (nSPS) is 15.8. The van der Waals surface area contributed by atoms with Crippen molar-refractivity contribution in [2.24, 2.45) is 0 Å². The minimum Gasteiger partial charge on any atom is -0.437 e. The second kappa shape index (κ2) is 8.07. The minimum absolute atomic E-state index is 0.0358. The van der Waals surface area contributed by atoms with Crippen molar-refractivity contribution in [1.29, 1.82) is 0 Å². The zero-order chi connectivity index (χ0) is 17.6. The van der Waals surface area contributed by atoms with Crippen LogP contribution >= 0.6 is 0 Å². The number of carbonyl (C=O) groups excluding carboxylic acids is 1. The van der Waals surface area contributed by atoms with Crippen LogP contribution < -0.4 is 10.1 Å². The Labute approximate surface area is 148 Å². The molecule has 1 atom stereocenters. The highest BCUT2D eigenvalue weighted by Gasteiger charge is 2.23. The van der Waals surface area contributed by atoms with Gasteiger partial charge in [-0.3, -0.25) is 14.7 Å². The zero-order valence-electron chi connectivity index (χ0n) is 14.7. The molecule has 2 aromatic rings. The molecule has 25 heavy (non-hydrogen) atoms. The standard InChI is InChI=1S/C19H24N4O2/c1-14-7-8-17(13-21-14)25-19-16(6-5-9-20-19)12-22-18(24)15(2)23-10-3-4-11-23/h5-9,13,15H,3-4,10-12H2,1-2H3,(H,22,24). The van der Waals surface area contributed by atoms with Crippen LogP contribution in [0.5, 0.6) is 11.6 Å². The molecule has 0 spiro atoms. The average molecular weight is 340 g/mol. The molecule has 0 bridgehead atoms. The number of hydrogen-bond acceptors (Lipinski definition) is 5. The number of ether oxygens (including phenoxy) is 1. The van der Waals surface area contributed by atoms with Gasteiger partial charge in [0.15, 0.2) is 0 Å². The lowest BCUT2D eigenvalue weighted by molar-refractivity contribution is -0.125. The van der Waals surface area contributed by atoms with Crippen LogP contribution in [0.1, 0.15) is 31.0 Å². The molecule has 1 unspecified atom stereocenters. The number of carbonyl (C=O) groups is 1. The first kappa shape index (κ1) is 17.4. The molecule has 1 fully saturated rings. The Hall–Kier alpha value is -2.47. The molecule has 1 N–H and O–H groups in total. The van der Waals surface area contributed by atoms with Crippen molar-refractivity contribution < 1.29 is 9.53 Å². The third kappa shape index (κ3) is 4.54. The van der Waals surface area contributed by atoms with Gasteiger partial charge in [-0.1, -0.05) is 6.07 Å². The summed E-state index contributed by atoms with van der Waals surface area (Å²) >= 11 is 0. The number of amides is 1. The molecule has 0 aromatic carbocycles. The number of aryl methyl sites for hydroxylation is 1. The van der Waals surface area contributed by atoms with Gasteiger partial charge < -0.3 is 10.1 Å². The Morgan fingerprint density at radius 3 is 2.80 bits per heavy atom. The first-order valence-corrected chi connectivity index (χ1v) is 8.69. The Kier molecular flexibility index (Phi) is 5.60. The summed E-state index contributed by atoms with van der Waals surface area (Å²) < 4.78 is 5.82. The van der Waals surface area contributed by atoms with E-state index < -0.39 is 0 Å². The minimum atomic E-state index is -0.107. The van der Waals surface area contributed by atoms with Gasteiger partial charge in [-0.2, -0.15) is 0 Å². The van der Waals surface area contributed by atoms with Crippen LogP contribution in [0, 0.1) is 6.92 Å². The molecule has 2 aromatic heterocycles. The molecule has 1 amide bonds. The fraction of sp³-hybridized carbons (Fsp3) is 0.421. The van der Waals surface area contributed by atoms with Gasteiger partial charge in [-0.15, -0.1) is 0 Å². The summed E-state index contributed by atoms with van der Waals surface area (Å²) in [5.41, 5.74) is 1.77. The van der Waals surface area contributed by atoms with E-state index in [0.717, 1.165) is 24.3 Å². The zero-order valence-corrected chi connectivity index (χ0v) is 14.7. The number of aromatic nitrogens is 2. The predicted octanol–water partition coefficient (Wildman–Crippen LogP) is 2.68. The van der Waals surface area contributed by atoms with E-state index in [0.29, 0.717) is 18.2 Å². The van der Waals surface area contributed by atoms with Crippen LogP contribution in [0.2, 0.25) is 0 Å². The van der Waals surface area contributed by atoms with Crippen LogP contribution in [0.3, 0.4) is 0 Å². The summed E-state index contributed by atoms with van der Waals surface area (Å²) in [5, 5.41) is 2.99. The van der Waals surface area contributed by atoms with Crippen LogP contribution in [0.4, 0.5) is 0 Å². The van der Waals surface area contributed by atoms with E-state index in [2.05, 4.69) is 20.2 Å². The number of likely N-dealkylation sites (tertiary alicyclic amines) is 1. The lowest BCUT2D eigenvalue weighted by Crippen LogP contribution is -2.43. The molecule has 1 aliphatic heterocycles. The molecule has 3 heterocycles. The van der Waals surface area contributed by atoms with Crippen molar-refractivity contribution in [1.82, 2.24) is 20.2 Å². The highest BCUT2D eigenvalue weighted by atomic mass is 16.5. The summed E-state index contributed by atoms with van der Waals surface area (Å²) in [6.07, 6.45) is 5.68. The molecule has 132 valence electrons. The molecule has 0 radical (unpaired) electrons. The van der Waals surface area contributed by atoms with Crippen molar-refractivity contribution in [3.05, 3.63) is 47.9 Å². The van der Waals surface area contributed by atoms with Gasteiger partial charge in [0.25, 0.3) is 0 Å². The number of nitrogens with one attached hydrogen (secondary N) is 1. The summed E-state index contributed by atoms with van der Waals surface area (Å²) in [7, 11) is 0. The Bertz CT molecular complexity index is 712. The van der Waals surface area contributed by atoms with Gasteiger partial charge in [0, 0.05) is 24.0 Å². The van der Waals surface area contributed by atoms with E-state index in [9.17, 15) is 4.79 Å². The molecule has 6 heteroatoms. The van der Waals surface area contributed by atoms with Crippen molar-refractivity contribution in [3.8, 4) is 11.6 Å². The maximum Gasteiger partial charge on any atom is 0.237 e. The van der Waals surface area contributed by atoms with Crippen LogP contribution in [-0.2, 0) is 11.3 Å². The van der Waals surface area contributed by atoms with E-state index in [4.69, 9.17) is 4.74 Å². The summed E-state index contributed by atoms with van der Waals surface area (Å²) in [6, 6.07) is 7.38. The number of pyridine rings is 2. The quantitative estimate of drug-likeness (QED) is 0.876. The summed E-state index contributed by atoms with van der Waals surface area (Å²) in [4.78, 5) is 23.1. The molecular formula is C19H24N4O2. The van der Waals surface area contributed by atoms with Gasteiger partial charge in [-0.25, -0.2) is 4.98 Å². The smallest absolute Gasteiger partial charge is 0.237 e. The van der Waals surface area contributed by atoms with Gasteiger partial charge in [0.1, 0.15) is 5.75 Å². The highest BCUT2D eigenvalue weighted by Crippen LogP contribution is 2.22. The number of rotatable bonds is 6. The first-order valence-electron chi connectivity index (χ1n) is 8.69. The van der Waals surface area contributed by atoms with Gasteiger partial charge in [0.2, 0.25) is 11.8 Å². The van der Waals surface area contributed by atoms with Crippen LogP contribution in [-0.4, -0.2) is 39.9 Å². The third-order valence-corrected chi connectivity index (χ3v) is 4.47. The largest absolute Gasteiger partial charge is 0.437 e. The molecule has 1 aliphatic rings. The SMILES string of the molecule is Cc1ccc(Oc2ncccc2CNC(=O)C(C)N2CCCC2)cn1. The highest BCUT2D eigenvalue weighted by molar-refractivity contribution is 5.81. The van der Waals surface area contributed by atoms with E-state index >= 15 is 0 Å². The van der Waals surface area contributed by atoms with Crippen molar-refractivity contribution in [3.63, 3.8) is 0 Å². The van der Waals surface area contributed by atoms with Crippen LogP contribution in [0.15, 0.2) is 36.7 Å². The van der Waals surface area contributed by atoms with Gasteiger partial charge in [-0.05, 0) is 58.0 Å². The van der Waals surface area contributed by atoms with E-state index in [1.807, 2.05) is 38.1 Å². The number of hydrogen-bond donors (Lipinski definition) is 1. The van der Waals surface area contributed by atoms with E-state index in [-0.39, 0.29) is 11.9 Å². The Morgan fingerprint density at radius 2 is 2.08 bits per heavy atom. The van der Waals surface area contributed by atoms with Gasteiger partial charge >= 0.3 is 0 Å². The first-order chi connectivity index (χ1) is 12.1. The van der Waals surface area contributed by atoms with Crippen molar-refractivity contribution in [2.75, 3.05) is 13.1 Å². The Morgan fingerprint density at radius 1 is 1.28 bits per heavy atom. The maximum atomic E-state index is 12.4. The lowest BCUT2D eigenvalue weighted by Gasteiger charge is -2.22. The van der Waals surface area contributed by atoms with Gasteiger partial charge in [0.05, 0.1) is 12.2 Å². The second-order valence-electron chi connectivity index (χ2n) is 6.34. The fourth-order valence-corrected chi connectivity index (χ4v) is 2.90. The summed E-state index contributed by atoms with van der Waals surface area (Å²) in [6.45, 7) is 6.26. The molecule has 0 saturated carbocycles. The topological polar surface area (TPSA) is 67.3 Å². The molecule has 1 saturated heterocycles. The average Bonchev–Trinajstić information content (AvgIpc) is 3.16. The summed E-state index contributed by atoms with van der Waals surface area (Å²) in [5.74, 6) is 1.15. The fourth-order valence-electron chi connectivity index (χ4n) is 2.90. The molecule has 6 nitrogen and oxygen atoms in total. The predicted molar refractivity (Wildman–Crippen MR) is 95.4 cm³/mol. The second-order valence-corrected chi connectivity index (χ2v) is 6.34. The van der Waals surface area contributed by atoms with Crippen molar-refractivity contribution >= 4 is 5.91 Å². The third-order valence-electron chi connectivity index (χ3n) is 4.47. The monoisotopic (exact) mass is 340 g/mol. The van der Waals surface area contributed by atoms with Crippen LogP contribution in [0.25, 0.3) is 0 Å². The molecular weight excluding hydrogens is 316 g/mol.